The number of carbonyl (C=O) groups excluding carboxylic acids is 2. The normalized spacial score (nSPS) is 11.4. The molecule has 0 aromatic heterocycles. The van der Waals surface area contributed by atoms with Crippen molar-refractivity contribution in [1.82, 2.24) is 0 Å². The fourth-order valence-electron chi connectivity index (χ4n) is 7.20. The van der Waals surface area contributed by atoms with Gasteiger partial charge in [-0.1, -0.05) is 65.4 Å². The van der Waals surface area contributed by atoms with Crippen LogP contribution in [-0.4, -0.2) is 53.2 Å². The lowest BCUT2D eigenvalue weighted by molar-refractivity contribution is 0.100. The van der Waals surface area contributed by atoms with Crippen LogP contribution in [0, 0.1) is 0 Å². The summed E-state index contributed by atoms with van der Waals surface area (Å²) in [5.41, 5.74) is 2.12. The van der Waals surface area contributed by atoms with Gasteiger partial charge in [-0.2, -0.15) is 0 Å². The molecule has 75 heavy (non-hydrogen) atoms. The lowest BCUT2D eigenvalue weighted by Crippen LogP contribution is -2.16. The Morgan fingerprint density at radius 2 is 0.720 bits per heavy atom. The highest BCUT2D eigenvalue weighted by Crippen LogP contribution is 2.54. The summed E-state index contributed by atoms with van der Waals surface area (Å²) in [7, 11) is 1.31. The van der Waals surface area contributed by atoms with Crippen molar-refractivity contribution in [2.24, 2.45) is 0 Å². The molecule has 0 radical (unpaired) electrons. The van der Waals surface area contributed by atoms with Gasteiger partial charge in [0.2, 0.25) is 0 Å². The maximum atomic E-state index is 13.1. The molecule has 6 rings (SSSR count). The Morgan fingerprint density at radius 3 is 1.04 bits per heavy atom. The van der Waals surface area contributed by atoms with Gasteiger partial charge < -0.3 is 55.6 Å². The van der Waals surface area contributed by atoms with Crippen molar-refractivity contribution in [2.75, 3.05) is 41.7 Å². The predicted octanol–water partition coefficient (Wildman–Crippen LogP) is 16.0. The molecule has 14 nitrogen and oxygen atoms in total. The first-order valence-electron chi connectivity index (χ1n) is 24.5. The molecule has 0 saturated carbocycles. The molecule has 0 amide bonds. The highest BCUT2D eigenvalue weighted by molar-refractivity contribution is 7.99. The minimum absolute atomic E-state index is 0.156. The number of carbonyl (C=O) groups is 2. The number of ketones is 2. The Bertz CT molecular complexity index is 2800. The zero-order chi connectivity index (χ0) is 54.5. The van der Waals surface area contributed by atoms with Gasteiger partial charge in [0, 0.05) is 24.3 Å². The van der Waals surface area contributed by atoms with Gasteiger partial charge in [0.15, 0.2) is 34.6 Å². The molecule has 6 aromatic rings. The summed E-state index contributed by atoms with van der Waals surface area (Å²) in [5.74, 6) is 4.10. The van der Waals surface area contributed by atoms with Crippen LogP contribution in [0.4, 0.5) is 0 Å². The van der Waals surface area contributed by atoms with Crippen LogP contribution in [0.25, 0.3) is 0 Å². The van der Waals surface area contributed by atoms with Crippen molar-refractivity contribution in [3.63, 3.8) is 0 Å². The van der Waals surface area contributed by atoms with E-state index in [4.69, 9.17) is 55.6 Å². The van der Waals surface area contributed by atoms with Gasteiger partial charge in [-0.3, -0.25) is 9.59 Å². The number of methoxy groups -OCH3 is 4. The van der Waals surface area contributed by atoms with Gasteiger partial charge >= 0.3 is 17.2 Å². The largest absolute Gasteiger partial charge is 0.530 e. The molecule has 0 aliphatic heterocycles. The Kier molecular flexibility index (Phi) is 20.2. The molecule has 17 heteroatoms. The fraction of sp³-hybridized carbons (Fsp3) is 0.345. The van der Waals surface area contributed by atoms with Crippen molar-refractivity contribution in [3.05, 3.63) is 131 Å². The van der Waals surface area contributed by atoms with Crippen molar-refractivity contribution >= 4 is 40.5 Å². The molecule has 0 spiro atoms. The fourth-order valence-corrected chi connectivity index (χ4v) is 10.4. The first kappa shape index (κ1) is 57.7. The SMILES string of the molecule is CCOc1ccc(OC)cc1OP(Oc1cc(OC)ccc1OCC)Oc1ccc(C(C)(C)CC)cc1Sc1cc(C(C)(C)CC)ccc1OP(Oc1cc(OC)ccc1C(C)=O)Oc1cc(OC)ccc1C(C)=O. The van der Waals surface area contributed by atoms with Crippen molar-refractivity contribution in [1.29, 1.82) is 0 Å². The van der Waals surface area contributed by atoms with E-state index in [1.54, 1.807) is 87.0 Å². The molecular formula is C58H68O14P2S. The molecular weight excluding hydrogens is 1010 g/mol. The van der Waals surface area contributed by atoms with Gasteiger partial charge in [0.05, 0.1) is 62.6 Å². The summed E-state index contributed by atoms with van der Waals surface area (Å²) >= 11 is 1.41. The minimum Gasteiger partial charge on any atom is -0.497 e. The topological polar surface area (TPSA) is 145 Å². The molecule has 6 aromatic carbocycles. The summed E-state index contributed by atoms with van der Waals surface area (Å²) in [5, 5.41) is 0. The number of hydrogen-bond acceptors (Lipinski definition) is 15. The summed E-state index contributed by atoms with van der Waals surface area (Å²) in [6.07, 6.45) is 1.67. The third-order valence-electron chi connectivity index (χ3n) is 12.5. The zero-order valence-corrected chi connectivity index (χ0v) is 47.8. The van der Waals surface area contributed by atoms with E-state index >= 15 is 0 Å². The number of Topliss-reactive ketones (excluding diaryl/α,β-unsaturated/α-hetero) is 2. The number of ether oxygens (including phenoxy) is 6. The van der Waals surface area contributed by atoms with Crippen LogP contribution in [0.15, 0.2) is 119 Å². The molecule has 0 N–H and O–H groups in total. The molecule has 0 atom stereocenters. The monoisotopic (exact) mass is 1080 g/mol. The smallest absolute Gasteiger partial charge is 0.497 e. The van der Waals surface area contributed by atoms with Gasteiger partial charge in [-0.15, -0.1) is 0 Å². The average molecular weight is 1080 g/mol. The first-order chi connectivity index (χ1) is 35.9. The predicted molar refractivity (Wildman–Crippen MR) is 296 cm³/mol. The summed E-state index contributed by atoms with van der Waals surface area (Å²) in [6, 6.07) is 32.3. The summed E-state index contributed by atoms with van der Waals surface area (Å²) in [6.45, 7) is 20.4. The van der Waals surface area contributed by atoms with Gasteiger partial charge in [-0.05, 0) is 135 Å². The van der Waals surface area contributed by atoms with E-state index in [0.717, 1.165) is 24.0 Å². The maximum Gasteiger partial charge on any atom is 0.530 e. The Labute approximate surface area is 448 Å². The van der Waals surface area contributed by atoms with Crippen LogP contribution in [0.3, 0.4) is 0 Å². The third kappa shape index (κ3) is 14.9. The van der Waals surface area contributed by atoms with Crippen molar-refractivity contribution in [3.8, 4) is 69.0 Å². The molecule has 0 aliphatic rings. The van der Waals surface area contributed by atoms with Crippen LogP contribution >= 0.6 is 29.0 Å². The van der Waals surface area contributed by atoms with E-state index in [9.17, 15) is 9.59 Å². The zero-order valence-electron chi connectivity index (χ0n) is 45.2. The molecule has 0 unspecified atom stereocenters. The molecule has 400 valence electrons. The third-order valence-corrected chi connectivity index (χ3v) is 15.7. The number of rotatable bonds is 28. The molecule has 0 aliphatic carbocycles. The second kappa shape index (κ2) is 26.3. The number of benzene rings is 6. The quantitative estimate of drug-likeness (QED) is 0.0339. The minimum atomic E-state index is -2.51. The van der Waals surface area contributed by atoms with Crippen LogP contribution in [0.1, 0.15) is 114 Å². The second-order valence-electron chi connectivity index (χ2n) is 18.2. The highest BCUT2D eigenvalue weighted by atomic mass is 32.2. The Hall–Kier alpha value is -6.53. The van der Waals surface area contributed by atoms with E-state index in [1.165, 1.54) is 39.8 Å². The average Bonchev–Trinajstić information content (AvgIpc) is 3.40. The van der Waals surface area contributed by atoms with Crippen LogP contribution in [-0.2, 0) is 10.8 Å². The van der Waals surface area contributed by atoms with Crippen molar-refractivity contribution in [2.45, 2.75) is 103 Å². The lowest BCUT2D eigenvalue weighted by Gasteiger charge is -2.27. The highest BCUT2D eigenvalue weighted by Gasteiger charge is 2.31. The van der Waals surface area contributed by atoms with Crippen LogP contribution < -0.4 is 55.6 Å². The maximum absolute atomic E-state index is 13.1. The summed E-state index contributed by atoms with van der Waals surface area (Å²) < 4.78 is 74.9. The summed E-state index contributed by atoms with van der Waals surface area (Å²) in [4.78, 5) is 27.5. The second-order valence-corrected chi connectivity index (χ2v) is 21.3. The Morgan fingerprint density at radius 1 is 0.413 bits per heavy atom. The lowest BCUT2D eigenvalue weighted by atomic mass is 9.82. The van der Waals surface area contributed by atoms with Crippen molar-refractivity contribution < 1.29 is 65.2 Å². The molecule has 0 fully saturated rings. The molecule has 0 saturated heterocycles. The van der Waals surface area contributed by atoms with E-state index in [1.807, 2.05) is 38.1 Å². The van der Waals surface area contributed by atoms with E-state index < -0.39 is 17.2 Å². The first-order valence-corrected chi connectivity index (χ1v) is 27.5. The van der Waals surface area contributed by atoms with E-state index in [2.05, 4.69) is 53.7 Å². The van der Waals surface area contributed by atoms with Gasteiger partial charge in [0.1, 0.15) is 46.0 Å². The van der Waals surface area contributed by atoms with Gasteiger partial charge in [-0.25, -0.2) is 0 Å². The van der Waals surface area contributed by atoms with Gasteiger partial charge in [0.25, 0.3) is 0 Å². The molecule has 0 heterocycles. The van der Waals surface area contributed by atoms with Crippen LogP contribution in [0.2, 0.25) is 0 Å². The Balaban J connectivity index is 1.54. The van der Waals surface area contributed by atoms with Crippen LogP contribution in [0.5, 0.6) is 69.0 Å². The molecule has 0 bridgehead atoms. The standard InChI is InChI=1S/C58H68O14P2S/c1-15-57(7,8)39-19-27-49(67-73(69-51-33-41(61-11)21-25-45(51)37(5)59)70-52-34-42(62-12)22-26-46(52)38(6)60)55(31-39)75-56-32-40(58(9,10)16-2)20-28-50(56)68-74(71-53-35-43(63-13)23-29-47(53)65-17-3)72-54-36-44(64-14)24-30-48(54)66-18-4/h19-36H,15-18H2,1-14H3. The van der Waals surface area contributed by atoms with E-state index in [0.29, 0.717) is 80.5 Å². The number of hydrogen-bond donors (Lipinski definition) is 0. The van der Waals surface area contributed by atoms with E-state index in [-0.39, 0.29) is 45.0 Å².